The van der Waals surface area contributed by atoms with Gasteiger partial charge in [0, 0.05) is 12.5 Å². The maximum Gasteiger partial charge on any atom is 0.343 e. The lowest BCUT2D eigenvalue weighted by molar-refractivity contribution is -0.158. The van der Waals surface area contributed by atoms with Crippen molar-refractivity contribution in [3.63, 3.8) is 0 Å². The minimum Gasteiger partial charge on any atom is -0.497 e. The van der Waals surface area contributed by atoms with Crippen molar-refractivity contribution in [2.45, 2.75) is 38.9 Å². The van der Waals surface area contributed by atoms with Gasteiger partial charge in [-0.2, -0.15) is 0 Å². The molecule has 3 aromatic carbocycles. The van der Waals surface area contributed by atoms with Crippen molar-refractivity contribution in [2.75, 3.05) is 7.11 Å². The van der Waals surface area contributed by atoms with E-state index in [9.17, 15) is 14.4 Å². The number of carbonyl (C=O) groups is 3. The number of benzene rings is 3. The highest BCUT2D eigenvalue weighted by molar-refractivity contribution is 5.92. The van der Waals surface area contributed by atoms with Crippen LogP contribution >= 0.6 is 0 Å². The summed E-state index contributed by atoms with van der Waals surface area (Å²) in [6.07, 6.45) is 3.74. The van der Waals surface area contributed by atoms with E-state index in [0.717, 1.165) is 25.3 Å². The van der Waals surface area contributed by atoms with Gasteiger partial charge in [-0.25, -0.2) is 14.4 Å². The molecule has 0 spiro atoms. The third-order valence-electron chi connectivity index (χ3n) is 5.39. The second-order valence-electron chi connectivity index (χ2n) is 8.19. The normalized spacial score (nSPS) is 11.1. The quantitative estimate of drug-likeness (QED) is 0.0874. The van der Waals surface area contributed by atoms with Crippen LogP contribution in [-0.4, -0.2) is 31.3 Å². The molecular weight excluding hydrogens is 488 g/mol. The van der Waals surface area contributed by atoms with Crippen LogP contribution in [0.2, 0.25) is 0 Å². The van der Waals surface area contributed by atoms with E-state index in [1.54, 1.807) is 55.6 Å². The Labute approximate surface area is 221 Å². The number of unbranched alkanes of at least 4 members (excludes halogenated alkanes) is 2. The highest BCUT2D eigenvalue weighted by Gasteiger charge is 2.16. The van der Waals surface area contributed by atoms with Gasteiger partial charge < -0.3 is 23.7 Å². The molecule has 3 rings (SSSR count). The van der Waals surface area contributed by atoms with Crippen molar-refractivity contribution >= 4 is 17.9 Å². The van der Waals surface area contributed by atoms with Gasteiger partial charge >= 0.3 is 17.9 Å². The summed E-state index contributed by atoms with van der Waals surface area (Å²) in [4.78, 5) is 36.5. The first kappa shape index (κ1) is 28.0. The molecule has 198 valence electrons. The van der Waals surface area contributed by atoms with Crippen LogP contribution in [0.15, 0.2) is 85.5 Å². The molecule has 0 aliphatic carbocycles. The molecule has 8 nitrogen and oxygen atoms in total. The van der Waals surface area contributed by atoms with Crippen LogP contribution in [0, 0.1) is 0 Å². The zero-order valence-corrected chi connectivity index (χ0v) is 21.4. The van der Waals surface area contributed by atoms with Crippen LogP contribution < -0.4 is 18.9 Å². The average molecular weight is 519 g/mol. The molecule has 0 amide bonds. The first-order valence-corrected chi connectivity index (χ1v) is 12.2. The Kier molecular flexibility index (Phi) is 10.5. The molecule has 1 atom stereocenters. The van der Waals surface area contributed by atoms with Gasteiger partial charge in [0.2, 0.25) is 6.29 Å². The van der Waals surface area contributed by atoms with E-state index in [2.05, 4.69) is 13.5 Å². The first-order valence-electron chi connectivity index (χ1n) is 12.2. The molecule has 0 fully saturated rings. The van der Waals surface area contributed by atoms with Crippen molar-refractivity contribution in [2.24, 2.45) is 0 Å². The lowest BCUT2D eigenvalue weighted by Gasteiger charge is -2.18. The van der Waals surface area contributed by atoms with Crippen molar-refractivity contribution in [3.8, 4) is 23.0 Å². The van der Waals surface area contributed by atoms with Gasteiger partial charge in [0.1, 0.15) is 23.0 Å². The van der Waals surface area contributed by atoms with Crippen LogP contribution in [-0.2, 0) is 9.53 Å². The topological polar surface area (TPSA) is 97.4 Å². The Hall–Kier alpha value is -4.59. The van der Waals surface area contributed by atoms with Crippen molar-refractivity contribution in [1.29, 1.82) is 0 Å². The molecule has 3 aromatic rings. The predicted octanol–water partition coefficient (Wildman–Crippen LogP) is 6.15. The summed E-state index contributed by atoms with van der Waals surface area (Å²) in [6, 6.07) is 19.0. The highest BCUT2D eigenvalue weighted by atomic mass is 16.7. The standard InChI is InChI=1S/C30H30O8/c1-4-6-7-8-28(38-27(31)5-2)35-24-15-11-22(12-16-24)30(33)37-26-19-17-25(18-20-26)36-29(32)21-9-13-23(34-3)14-10-21/h5,9-20,28H,2,4,6-8H2,1,3H3. The molecule has 0 aliphatic rings. The van der Waals surface area contributed by atoms with E-state index in [0.29, 0.717) is 34.8 Å². The number of hydrogen-bond acceptors (Lipinski definition) is 8. The number of rotatable bonds is 13. The van der Waals surface area contributed by atoms with Crippen LogP contribution in [0.1, 0.15) is 53.3 Å². The molecular formula is C30H30O8. The van der Waals surface area contributed by atoms with E-state index >= 15 is 0 Å². The molecule has 0 heterocycles. The summed E-state index contributed by atoms with van der Waals surface area (Å²) in [7, 11) is 1.54. The number of carbonyl (C=O) groups excluding carboxylic acids is 3. The molecule has 0 aliphatic heterocycles. The van der Waals surface area contributed by atoms with Crippen molar-refractivity contribution in [3.05, 3.63) is 96.6 Å². The Morgan fingerprint density at radius 2 is 1.21 bits per heavy atom. The van der Waals surface area contributed by atoms with E-state index in [4.69, 9.17) is 23.7 Å². The predicted molar refractivity (Wildman–Crippen MR) is 141 cm³/mol. The number of esters is 3. The number of methoxy groups -OCH3 is 1. The zero-order valence-electron chi connectivity index (χ0n) is 21.4. The maximum atomic E-state index is 12.6. The SMILES string of the molecule is C=CC(=O)OC(CCCCC)Oc1ccc(C(=O)Oc2ccc(OC(=O)c3ccc(OC)cc3)cc2)cc1. The van der Waals surface area contributed by atoms with Gasteiger partial charge in [-0.1, -0.05) is 26.3 Å². The Morgan fingerprint density at radius 1 is 0.737 bits per heavy atom. The molecule has 0 radical (unpaired) electrons. The summed E-state index contributed by atoms with van der Waals surface area (Å²) in [5.41, 5.74) is 0.679. The molecule has 0 N–H and O–H groups in total. The fourth-order valence-electron chi connectivity index (χ4n) is 3.34. The smallest absolute Gasteiger partial charge is 0.343 e. The highest BCUT2D eigenvalue weighted by Crippen LogP contribution is 2.22. The lowest BCUT2D eigenvalue weighted by atomic mass is 10.2. The maximum absolute atomic E-state index is 12.6. The molecule has 0 aromatic heterocycles. The third kappa shape index (κ3) is 8.51. The van der Waals surface area contributed by atoms with Crippen LogP contribution in [0.3, 0.4) is 0 Å². The van der Waals surface area contributed by atoms with Gasteiger partial charge in [0.25, 0.3) is 0 Å². The molecule has 8 heteroatoms. The molecule has 0 bridgehead atoms. The van der Waals surface area contributed by atoms with Gasteiger partial charge in [-0.3, -0.25) is 0 Å². The van der Waals surface area contributed by atoms with Gasteiger partial charge in [0.05, 0.1) is 18.2 Å². The van der Waals surface area contributed by atoms with Crippen LogP contribution in [0.4, 0.5) is 0 Å². The van der Waals surface area contributed by atoms with Crippen molar-refractivity contribution in [1.82, 2.24) is 0 Å². The summed E-state index contributed by atoms with van der Waals surface area (Å²) < 4.78 is 26.9. The van der Waals surface area contributed by atoms with E-state index in [1.165, 1.54) is 24.3 Å². The van der Waals surface area contributed by atoms with Gasteiger partial charge in [0.15, 0.2) is 0 Å². The Morgan fingerprint density at radius 3 is 1.66 bits per heavy atom. The average Bonchev–Trinajstić information content (AvgIpc) is 2.94. The number of hydrogen-bond donors (Lipinski definition) is 0. The molecule has 38 heavy (non-hydrogen) atoms. The summed E-state index contributed by atoms with van der Waals surface area (Å²) in [5.74, 6) is 0.0139. The minimum absolute atomic E-state index is 0.284. The first-order chi connectivity index (χ1) is 18.4. The second kappa shape index (κ2) is 14.2. The third-order valence-corrected chi connectivity index (χ3v) is 5.39. The van der Waals surface area contributed by atoms with Crippen LogP contribution in [0.5, 0.6) is 23.0 Å². The monoisotopic (exact) mass is 518 g/mol. The Bertz CT molecular complexity index is 1210. The fraction of sp³-hybridized carbons (Fsp3) is 0.233. The van der Waals surface area contributed by atoms with Gasteiger partial charge in [-0.15, -0.1) is 0 Å². The largest absolute Gasteiger partial charge is 0.497 e. The van der Waals surface area contributed by atoms with Crippen LogP contribution in [0.25, 0.3) is 0 Å². The zero-order chi connectivity index (χ0) is 27.3. The fourth-order valence-corrected chi connectivity index (χ4v) is 3.34. The minimum atomic E-state index is -0.748. The van der Waals surface area contributed by atoms with Crippen molar-refractivity contribution < 1.29 is 38.1 Å². The summed E-state index contributed by atoms with van der Waals surface area (Å²) >= 11 is 0. The van der Waals surface area contributed by atoms with E-state index in [1.807, 2.05) is 0 Å². The lowest BCUT2D eigenvalue weighted by Crippen LogP contribution is -2.23. The second-order valence-corrected chi connectivity index (χ2v) is 8.19. The van der Waals surface area contributed by atoms with E-state index in [-0.39, 0.29) is 5.75 Å². The summed E-state index contributed by atoms with van der Waals surface area (Å²) in [6.45, 7) is 5.49. The summed E-state index contributed by atoms with van der Waals surface area (Å²) in [5, 5.41) is 0. The van der Waals surface area contributed by atoms with Gasteiger partial charge in [-0.05, 0) is 79.2 Å². The van der Waals surface area contributed by atoms with E-state index < -0.39 is 24.2 Å². The molecule has 0 saturated carbocycles. The molecule has 0 saturated heterocycles. The number of ether oxygens (including phenoxy) is 5. The Balaban J connectivity index is 1.55. The molecule has 1 unspecified atom stereocenters.